The number of amidine groups is 1. The molecule has 0 aromatic carbocycles. The zero-order valence-electron chi connectivity index (χ0n) is 8.28. The van der Waals surface area contributed by atoms with Gasteiger partial charge in [0.2, 0.25) is 0 Å². The summed E-state index contributed by atoms with van der Waals surface area (Å²) in [5.74, 6) is -2.60. The van der Waals surface area contributed by atoms with E-state index in [1.165, 1.54) is 6.08 Å². The molecule has 2 unspecified atom stereocenters. The van der Waals surface area contributed by atoms with Gasteiger partial charge < -0.3 is 20.0 Å². The molecule has 1 heterocycles. The van der Waals surface area contributed by atoms with Crippen LogP contribution in [0.25, 0.3) is 0 Å². The fourth-order valence-corrected chi connectivity index (χ4v) is 1.47. The summed E-state index contributed by atoms with van der Waals surface area (Å²) in [6, 6.07) is 0. The van der Waals surface area contributed by atoms with Crippen molar-refractivity contribution in [3.63, 3.8) is 0 Å². The van der Waals surface area contributed by atoms with Gasteiger partial charge in [0.05, 0.1) is 6.10 Å². The smallest absolute Gasteiger partial charge is 0.368 e. The van der Waals surface area contributed by atoms with E-state index in [1.807, 2.05) is 0 Å². The average molecular weight is 226 g/mol. The quantitative estimate of drug-likeness (QED) is 0.555. The van der Waals surface area contributed by atoms with Gasteiger partial charge in [-0.25, -0.2) is 0 Å². The molecule has 2 atom stereocenters. The molecule has 7 nitrogen and oxygen atoms in total. The van der Waals surface area contributed by atoms with Gasteiger partial charge in [0, 0.05) is 0 Å². The lowest BCUT2D eigenvalue weighted by Gasteiger charge is -2.20. The Labute approximate surface area is 90.6 Å². The summed E-state index contributed by atoms with van der Waals surface area (Å²) in [5.41, 5.74) is 0. The van der Waals surface area contributed by atoms with E-state index in [4.69, 9.17) is 9.84 Å². The molecular weight excluding hydrogens is 216 g/mol. The molecule has 0 bridgehead atoms. The van der Waals surface area contributed by atoms with Crippen molar-refractivity contribution in [1.29, 1.82) is 0 Å². The third-order valence-electron chi connectivity index (χ3n) is 2.42. The highest BCUT2D eigenvalue weighted by molar-refractivity contribution is 5.88. The number of carbonyl (C=O) groups is 1. The van der Waals surface area contributed by atoms with Crippen LogP contribution in [0.4, 0.5) is 0 Å². The van der Waals surface area contributed by atoms with Gasteiger partial charge in [-0.2, -0.15) is 0 Å². The van der Waals surface area contributed by atoms with Crippen LogP contribution in [0.5, 0.6) is 0 Å². The van der Waals surface area contributed by atoms with E-state index in [9.17, 15) is 14.9 Å². The molecule has 0 saturated heterocycles. The number of nitrogens with zero attached hydrogens (tertiary/aromatic N) is 2. The molecule has 1 aliphatic heterocycles. The van der Waals surface area contributed by atoms with Crippen molar-refractivity contribution in [3.8, 4) is 0 Å². The van der Waals surface area contributed by atoms with Gasteiger partial charge in [-0.05, 0) is 28.8 Å². The van der Waals surface area contributed by atoms with E-state index in [0.29, 0.717) is 0 Å². The van der Waals surface area contributed by atoms with Crippen molar-refractivity contribution in [3.05, 3.63) is 22.4 Å². The zero-order chi connectivity index (χ0) is 11.7. The molecule has 7 heteroatoms. The summed E-state index contributed by atoms with van der Waals surface area (Å²) in [6.45, 7) is 0. The van der Waals surface area contributed by atoms with E-state index in [0.717, 1.165) is 19.0 Å². The van der Waals surface area contributed by atoms with Crippen LogP contribution in [0.2, 0.25) is 0 Å². The molecule has 0 amide bonds. The van der Waals surface area contributed by atoms with Crippen LogP contribution in [0.3, 0.4) is 0 Å². The van der Waals surface area contributed by atoms with Crippen LogP contribution in [-0.2, 0) is 9.53 Å². The first-order chi connectivity index (χ1) is 7.59. The molecule has 0 aromatic heterocycles. The molecule has 2 rings (SSSR count). The van der Waals surface area contributed by atoms with Crippen LogP contribution in [-0.4, -0.2) is 34.0 Å². The second-order valence-corrected chi connectivity index (χ2v) is 3.71. The predicted octanol–water partition coefficient (Wildman–Crippen LogP) is 0.437. The molecule has 0 aromatic rings. The largest absolute Gasteiger partial charge is 0.481 e. The topological polar surface area (TPSA) is 102 Å². The van der Waals surface area contributed by atoms with Gasteiger partial charge in [-0.1, -0.05) is 0 Å². The summed E-state index contributed by atoms with van der Waals surface area (Å²) in [6.07, 6.45) is 2.94. The average Bonchev–Trinajstić information content (AvgIpc) is 3.01. The zero-order valence-corrected chi connectivity index (χ0v) is 8.28. The lowest BCUT2D eigenvalue weighted by Crippen LogP contribution is -2.41. The Hall–Kier alpha value is -1.76. The van der Waals surface area contributed by atoms with Crippen molar-refractivity contribution in [2.24, 2.45) is 10.9 Å². The van der Waals surface area contributed by atoms with Gasteiger partial charge in [-0.3, -0.25) is 4.79 Å². The number of hydrogen-bond acceptors (Lipinski definition) is 5. The molecule has 0 radical (unpaired) electrons. The molecule has 1 saturated carbocycles. The lowest BCUT2D eigenvalue weighted by atomic mass is 10.00. The Morgan fingerprint density at radius 3 is 2.81 bits per heavy atom. The highest BCUT2D eigenvalue weighted by Gasteiger charge is 2.43. The number of ether oxygens (including phenoxy) is 1. The number of carboxylic acids is 1. The monoisotopic (exact) mass is 226 g/mol. The Bertz CT molecular complexity index is 385. The summed E-state index contributed by atoms with van der Waals surface area (Å²) in [4.78, 5) is 24.5. The van der Waals surface area contributed by atoms with Gasteiger partial charge in [0.15, 0.2) is 6.10 Å². The number of aliphatic carboxylic acids is 1. The van der Waals surface area contributed by atoms with Crippen LogP contribution >= 0.6 is 0 Å². The normalized spacial score (nSPS) is 28.6. The number of nitro groups is 1. The van der Waals surface area contributed by atoms with Crippen molar-refractivity contribution in [2.45, 2.75) is 25.0 Å². The first-order valence-electron chi connectivity index (χ1n) is 4.86. The standard InChI is InChI=1S/C9H10N2O5/c12-9(13)6-3-4-10-8(11(14)15)7(6)16-5-1-2-5/h3-7H,1-2H2,(H,12,13). The predicted molar refractivity (Wildman–Crippen MR) is 52.6 cm³/mol. The van der Waals surface area contributed by atoms with E-state index in [2.05, 4.69) is 4.99 Å². The summed E-state index contributed by atoms with van der Waals surface area (Å²) < 4.78 is 5.35. The van der Waals surface area contributed by atoms with Gasteiger partial charge in [-0.15, -0.1) is 0 Å². The molecular formula is C9H10N2O5. The SMILES string of the molecule is O=C(O)C1C=CN=C([N+](=O)[O-])C1OC1CC1. The van der Waals surface area contributed by atoms with E-state index in [1.54, 1.807) is 0 Å². The minimum atomic E-state index is -1.14. The van der Waals surface area contributed by atoms with Crippen molar-refractivity contribution < 1.29 is 19.6 Å². The maximum atomic E-state index is 10.9. The van der Waals surface area contributed by atoms with Gasteiger partial charge >= 0.3 is 11.8 Å². The highest BCUT2D eigenvalue weighted by atomic mass is 16.6. The Balaban J connectivity index is 2.21. The lowest BCUT2D eigenvalue weighted by molar-refractivity contribution is -0.360. The van der Waals surface area contributed by atoms with Crippen LogP contribution in [0.15, 0.2) is 17.3 Å². The number of rotatable bonds is 3. The van der Waals surface area contributed by atoms with Crippen LogP contribution in [0.1, 0.15) is 12.8 Å². The van der Waals surface area contributed by atoms with E-state index in [-0.39, 0.29) is 6.10 Å². The highest BCUT2D eigenvalue weighted by Crippen LogP contribution is 2.29. The first-order valence-corrected chi connectivity index (χ1v) is 4.86. The maximum Gasteiger partial charge on any atom is 0.368 e. The van der Waals surface area contributed by atoms with Crippen LogP contribution < -0.4 is 0 Å². The molecule has 1 aliphatic carbocycles. The first kappa shape index (κ1) is 10.7. The minimum absolute atomic E-state index is 0.0662. The van der Waals surface area contributed by atoms with E-state index < -0.39 is 28.8 Å². The maximum absolute atomic E-state index is 10.9. The van der Waals surface area contributed by atoms with Crippen molar-refractivity contribution in [1.82, 2.24) is 0 Å². The second-order valence-electron chi connectivity index (χ2n) is 3.71. The third kappa shape index (κ3) is 2.08. The summed E-state index contributed by atoms with van der Waals surface area (Å²) >= 11 is 0. The van der Waals surface area contributed by atoms with E-state index >= 15 is 0 Å². The summed E-state index contributed by atoms with van der Waals surface area (Å²) in [5, 5.41) is 19.6. The molecule has 2 aliphatic rings. The van der Waals surface area contributed by atoms with Crippen LogP contribution in [0, 0.1) is 16.0 Å². The Kier molecular flexibility index (Phi) is 2.69. The Morgan fingerprint density at radius 2 is 2.31 bits per heavy atom. The second kappa shape index (κ2) is 4.01. The van der Waals surface area contributed by atoms with Crippen molar-refractivity contribution >= 4 is 11.8 Å². The molecule has 1 fully saturated rings. The summed E-state index contributed by atoms with van der Waals surface area (Å²) in [7, 11) is 0. The third-order valence-corrected chi connectivity index (χ3v) is 2.42. The minimum Gasteiger partial charge on any atom is -0.481 e. The fraction of sp³-hybridized carbons (Fsp3) is 0.556. The van der Waals surface area contributed by atoms with Crippen molar-refractivity contribution in [2.75, 3.05) is 0 Å². The molecule has 1 N–H and O–H groups in total. The number of carboxylic acid groups (broad SMARTS) is 1. The fourth-order valence-electron chi connectivity index (χ4n) is 1.47. The van der Waals surface area contributed by atoms with Gasteiger partial charge in [0.25, 0.3) is 0 Å². The van der Waals surface area contributed by atoms with Gasteiger partial charge in [0.1, 0.15) is 12.1 Å². The molecule has 16 heavy (non-hydrogen) atoms. The molecule has 86 valence electrons. The number of aliphatic imine (C=N–C) groups is 1. The Morgan fingerprint density at radius 1 is 1.62 bits per heavy atom. The molecule has 0 spiro atoms. The number of hydrogen-bond donors (Lipinski definition) is 1.